The molecule has 2 N–H and O–H groups in total. The van der Waals surface area contributed by atoms with Crippen molar-refractivity contribution < 1.29 is 13.5 Å². The van der Waals surface area contributed by atoms with Gasteiger partial charge in [-0.3, -0.25) is 4.99 Å². The Morgan fingerprint density at radius 3 is 2.77 bits per heavy atom. The number of benzene rings is 1. The molecule has 2 heterocycles. The fourth-order valence-corrected chi connectivity index (χ4v) is 4.82. The van der Waals surface area contributed by atoms with Gasteiger partial charge in [-0.05, 0) is 29.7 Å². The number of aliphatic imine (C=N–C) groups is 1. The highest BCUT2D eigenvalue weighted by Gasteiger charge is 2.55. The third-order valence-electron chi connectivity index (χ3n) is 5.06. The van der Waals surface area contributed by atoms with E-state index in [4.69, 9.17) is 16.9 Å². The van der Waals surface area contributed by atoms with Crippen LogP contribution in [-0.4, -0.2) is 27.0 Å². The normalized spacial score (nSPS) is 24.1. The number of rotatable bonds is 5. The van der Waals surface area contributed by atoms with Gasteiger partial charge in [0, 0.05) is 16.7 Å². The van der Waals surface area contributed by atoms with Gasteiger partial charge in [-0.25, -0.2) is 18.7 Å². The van der Waals surface area contributed by atoms with Crippen LogP contribution in [-0.2, 0) is 0 Å². The first kappa shape index (κ1) is 22.8. The molecule has 0 amide bonds. The van der Waals surface area contributed by atoms with Crippen molar-refractivity contribution in [3.63, 3.8) is 0 Å². The van der Waals surface area contributed by atoms with E-state index >= 15 is 0 Å². The lowest BCUT2D eigenvalue weighted by Gasteiger charge is -2.19. The molecule has 5 nitrogen and oxygen atoms in total. The zero-order valence-electron chi connectivity index (χ0n) is 17.5. The van der Waals surface area contributed by atoms with Crippen LogP contribution in [0.15, 0.2) is 35.6 Å². The summed E-state index contributed by atoms with van der Waals surface area (Å²) < 4.78 is 34.3. The molecule has 162 valence electrons. The summed E-state index contributed by atoms with van der Waals surface area (Å²) in [6.07, 6.45) is 8.94. The molecule has 1 aromatic carbocycles. The molecule has 2 aromatic rings. The monoisotopic (exact) mass is 442 g/mol. The van der Waals surface area contributed by atoms with E-state index in [-0.39, 0.29) is 36.0 Å². The Kier molecular flexibility index (Phi) is 7.29. The van der Waals surface area contributed by atoms with E-state index in [2.05, 4.69) is 27.8 Å². The molecule has 1 fully saturated rings. The number of aromatic nitrogens is 2. The van der Waals surface area contributed by atoms with Crippen LogP contribution in [0.2, 0.25) is 0 Å². The smallest absolute Gasteiger partial charge is 0.233 e. The molecule has 31 heavy (non-hydrogen) atoms. The second kappa shape index (κ2) is 9.92. The van der Waals surface area contributed by atoms with Gasteiger partial charge in [0.05, 0.1) is 18.4 Å². The largest absolute Gasteiger partial charge is 0.463 e. The van der Waals surface area contributed by atoms with Crippen molar-refractivity contribution in [1.82, 2.24) is 9.97 Å². The van der Waals surface area contributed by atoms with Crippen molar-refractivity contribution in [3.8, 4) is 18.2 Å². The summed E-state index contributed by atoms with van der Waals surface area (Å²) in [5, 5.41) is 0.827. The minimum atomic E-state index is -0.599. The molecule has 4 unspecified atom stereocenters. The van der Waals surface area contributed by atoms with Gasteiger partial charge in [-0.15, -0.1) is 6.42 Å². The molecular formula is C23H24F2N4OS. The summed E-state index contributed by atoms with van der Waals surface area (Å²) in [5.41, 5.74) is 6.88. The maximum absolute atomic E-state index is 14.6. The van der Waals surface area contributed by atoms with Crippen molar-refractivity contribution in [1.29, 1.82) is 0 Å². The maximum atomic E-state index is 14.6. The van der Waals surface area contributed by atoms with Gasteiger partial charge in [0.2, 0.25) is 5.88 Å². The standard InChI is InChI=1S/C21H18F2N4OS.C2H6/c1-3-6-28-17-10-25-16(9-26-17)15(23)8-12-4-5-14(22)13(7-12)19-18-11(2)20(18)29-21(24)27-19;1-2/h1,4-5,7-11,18-20H,6H2,2H3,(H2,24,27);1-2H3/b15-8-;. The SMILES string of the molecule is C#CCOc1cnc(/C(F)=C/c2ccc(F)c(C3N=C(N)SC4C(C)C34)c2)cn1.CC. The van der Waals surface area contributed by atoms with E-state index in [0.29, 0.717) is 27.5 Å². The first-order chi connectivity index (χ1) is 15.0. The van der Waals surface area contributed by atoms with Gasteiger partial charge in [-0.1, -0.05) is 44.5 Å². The average molecular weight is 443 g/mol. The van der Waals surface area contributed by atoms with Gasteiger partial charge in [0.25, 0.3) is 0 Å². The summed E-state index contributed by atoms with van der Waals surface area (Å²) in [7, 11) is 0. The molecule has 1 aliphatic heterocycles. The highest BCUT2D eigenvalue weighted by atomic mass is 32.2. The van der Waals surface area contributed by atoms with Gasteiger partial charge in [0.15, 0.2) is 17.6 Å². The van der Waals surface area contributed by atoms with Gasteiger partial charge >= 0.3 is 0 Å². The Labute approximate surface area is 185 Å². The number of terminal acetylenes is 1. The van der Waals surface area contributed by atoms with E-state index in [1.807, 2.05) is 13.8 Å². The third kappa shape index (κ3) is 5.05. The zero-order valence-corrected chi connectivity index (χ0v) is 18.4. The number of fused-ring (bicyclic) bond motifs is 1. The zero-order chi connectivity index (χ0) is 22.5. The lowest BCUT2D eigenvalue weighted by molar-refractivity contribution is 0.353. The lowest BCUT2D eigenvalue weighted by Crippen LogP contribution is -2.17. The Morgan fingerprint density at radius 2 is 2.10 bits per heavy atom. The van der Waals surface area contributed by atoms with Crippen LogP contribution >= 0.6 is 11.8 Å². The summed E-state index contributed by atoms with van der Waals surface area (Å²) in [4.78, 5) is 12.4. The van der Waals surface area contributed by atoms with Gasteiger partial charge in [0.1, 0.15) is 11.5 Å². The van der Waals surface area contributed by atoms with Gasteiger partial charge in [-0.2, -0.15) is 0 Å². The fourth-order valence-electron chi connectivity index (χ4n) is 3.51. The van der Waals surface area contributed by atoms with E-state index in [9.17, 15) is 8.78 Å². The second-order valence-corrected chi connectivity index (χ2v) is 8.14. The molecule has 0 saturated heterocycles. The molecule has 0 bridgehead atoms. The summed E-state index contributed by atoms with van der Waals surface area (Å²) in [6, 6.07) is 4.10. The summed E-state index contributed by atoms with van der Waals surface area (Å²) in [6.45, 7) is 6.16. The molecule has 1 aliphatic carbocycles. The Balaban J connectivity index is 0.00000132. The number of ether oxygens (including phenoxy) is 1. The topological polar surface area (TPSA) is 73.4 Å². The number of nitrogens with two attached hydrogens (primary N) is 1. The van der Waals surface area contributed by atoms with Crippen molar-refractivity contribution >= 4 is 28.8 Å². The highest BCUT2D eigenvalue weighted by molar-refractivity contribution is 8.14. The maximum Gasteiger partial charge on any atom is 0.233 e. The predicted molar refractivity (Wildman–Crippen MR) is 121 cm³/mol. The molecule has 8 heteroatoms. The molecule has 0 spiro atoms. The van der Waals surface area contributed by atoms with Crippen molar-refractivity contribution in [2.45, 2.75) is 32.1 Å². The third-order valence-corrected chi connectivity index (χ3v) is 6.42. The average Bonchev–Trinajstić information content (AvgIpc) is 3.43. The Morgan fingerprint density at radius 1 is 1.32 bits per heavy atom. The highest BCUT2D eigenvalue weighted by Crippen LogP contribution is 2.58. The molecule has 4 rings (SSSR count). The minimum absolute atomic E-state index is 0.0381. The van der Waals surface area contributed by atoms with Crippen LogP contribution in [0.4, 0.5) is 8.78 Å². The van der Waals surface area contributed by atoms with Crippen LogP contribution in [0.1, 0.15) is 43.6 Å². The summed E-state index contributed by atoms with van der Waals surface area (Å²) in [5.74, 6) is 2.21. The van der Waals surface area contributed by atoms with E-state index in [1.54, 1.807) is 17.8 Å². The molecule has 1 saturated carbocycles. The Hall–Kier alpha value is -2.92. The van der Waals surface area contributed by atoms with E-state index in [0.717, 1.165) is 0 Å². The number of nitrogens with zero attached hydrogens (tertiary/aromatic N) is 3. The Bertz CT molecular complexity index is 1030. The number of hydrogen-bond donors (Lipinski definition) is 1. The quantitative estimate of drug-likeness (QED) is 0.670. The number of hydrogen-bond acceptors (Lipinski definition) is 6. The van der Waals surface area contributed by atoms with Crippen LogP contribution < -0.4 is 10.5 Å². The lowest BCUT2D eigenvalue weighted by atomic mass is 9.98. The van der Waals surface area contributed by atoms with Crippen molar-refractivity contribution in [3.05, 3.63) is 53.2 Å². The van der Waals surface area contributed by atoms with Crippen molar-refractivity contribution in [2.75, 3.05) is 6.61 Å². The first-order valence-corrected chi connectivity index (χ1v) is 10.9. The summed E-state index contributed by atoms with van der Waals surface area (Å²) >= 11 is 1.54. The van der Waals surface area contributed by atoms with Crippen LogP contribution in [0.25, 0.3) is 11.9 Å². The molecule has 4 atom stereocenters. The first-order valence-electron chi connectivity index (χ1n) is 10.0. The van der Waals surface area contributed by atoms with Gasteiger partial charge < -0.3 is 10.5 Å². The van der Waals surface area contributed by atoms with E-state index in [1.165, 1.54) is 30.6 Å². The number of halogens is 2. The van der Waals surface area contributed by atoms with E-state index < -0.39 is 5.83 Å². The van der Waals surface area contributed by atoms with Crippen LogP contribution in [0.5, 0.6) is 5.88 Å². The molecular weight excluding hydrogens is 418 g/mol. The molecule has 2 aliphatic rings. The molecule has 0 radical (unpaired) electrons. The van der Waals surface area contributed by atoms with Crippen LogP contribution in [0.3, 0.4) is 0 Å². The fraction of sp³-hybridized carbons (Fsp3) is 0.348. The second-order valence-electron chi connectivity index (χ2n) is 6.94. The predicted octanol–water partition coefficient (Wildman–Crippen LogP) is 4.86. The molecule has 1 aromatic heterocycles. The minimum Gasteiger partial charge on any atom is -0.463 e. The van der Waals surface area contributed by atoms with Crippen LogP contribution in [0, 0.1) is 30.0 Å². The number of amidine groups is 1. The van der Waals surface area contributed by atoms with Crippen molar-refractivity contribution in [2.24, 2.45) is 22.6 Å². The number of thioether (sulfide) groups is 1.